The van der Waals surface area contributed by atoms with Crippen LogP contribution in [-0.4, -0.2) is 30.5 Å². The molecule has 0 saturated carbocycles. The Morgan fingerprint density at radius 3 is 2.52 bits per heavy atom. The maximum absolute atomic E-state index is 13.7. The van der Waals surface area contributed by atoms with E-state index in [1.165, 1.54) is 11.0 Å². The Labute approximate surface area is 158 Å². The largest absolute Gasteiger partial charge is 0.338 e. The third kappa shape index (κ3) is 7.05. The van der Waals surface area contributed by atoms with Crippen LogP contribution in [0.2, 0.25) is 0 Å². The molecule has 0 atom stereocenters. The van der Waals surface area contributed by atoms with Gasteiger partial charge in [0.25, 0.3) is 0 Å². The number of amides is 3. The van der Waals surface area contributed by atoms with E-state index in [-0.39, 0.29) is 17.6 Å². The van der Waals surface area contributed by atoms with Crippen molar-refractivity contribution in [1.82, 2.24) is 15.6 Å². The van der Waals surface area contributed by atoms with Crippen molar-refractivity contribution in [2.24, 2.45) is 0 Å². The van der Waals surface area contributed by atoms with Crippen LogP contribution in [0.3, 0.4) is 0 Å². The Morgan fingerprint density at radius 1 is 1.04 bits per heavy atom. The third-order valence-corrected chi connectivity index (χ3v) is 4.14. The molecule has 2 aromatic rings. The Bertz CT molecular complexity index is 740. The summed E-state index contributed by atoms with van der Waals surface area (Å²) < 4.78 is 13.7. The number of hydrogen-bond acceptors (Lipinski definition) is 3. The lowest BCUT2D eigenvalue weighted by Crippen LogP contribution is -2.35. The first-order chi connectivity index (χ1) is 13.1. The summed E-state index contributed by atoms with van der Waals surface area (Å²) in [5.41, 5.74) is 1.27. The fraction of sp³-hybridized carbons (Fsp3) is 0.350. The van der Waals surface area contributed by atoms with Crippen molar-refractivity contribution in [2.75, 3.05) is 18.5 Å². The van der Waals surface area contributed by atoms with E-state index in [1.54, 1.807) is 37.6 Å². The summed E-state index contributed by atoms with van der Waals surface area (Å²) in [4.78, 5) is 29.1. The average Bonchev–Trinajstić information content (AvgIpc) is 2.69. The lowest BCUT2D eigenvalue weighted by atomic mass is 10.1. The number of carbonyl (C=O) groups is 2. The van der Waals surface area contributed by atoms with Crippen molar-refractivity contribution in [3.8, 4) is 0 Å². The number of urea groups is 1. The zero-order valence-electron chi connectivity index (χ0n) is 15.5. The van der Waals surface area contributed by atoms with Gasteiger partial charge in [0.15, 0.2) is 0 Å². The number of nitrogens with one attached hydrogen (secondary N) is 2. The third-order valence-electron chi connectivity index (χ3n) is 4.14. The number of benzene rings is 1. The van der Waals surface area contributed by atoms with Crippen molar-refractivity contribution in [3.63, 3.8) is 0 Å². The van der Waals surface area contributed by atoms with Gasteiger partial charge in [-0.1, -0.05) is 18.6 Å². The number of anilines is 1. The Kier molecular flexibility index (Phi) is 8.22. The molecular formula is C20H25FN4O2. The maximum Gasteiger partial charge on any atom is 0.315 e. The van der Waals surface area contributed by atoms with Crippen LogP contribution in [0, 0.1) is 5.82 Å². The fourth-order valence-electron chi connectivity index (χ4n) is 2.55. The van der Waals surface area contributed by atoms with E-state index in [2.05, 4.69) is 15.6 Å². The summed E-state index contributed by atoms with van der Waals surface area (Å²) in [5.74, 6) is -0.529. The molecule has 0 aliphatic carbocycles. The van der Waals surface area contributed by atoms with E-state index in [0.29, 0.717) is 25.9 Å². The Balaban J connectivity index is 1.55. The van der Waals surface area contributed by atoms with Crippen molar-refractivity contribution in [3.05, 3.63) is 60.2 Å². The SMILES string of the molecule is CN(C(=O)CCCCCNC(=O)NCc1ccncc1)c1ccccc1F. The van der Waals surface area contributed by atoms with E-state index in [4.69, 9.17) is 0 Å². The van der Waals surface area contributed by atoms with Crippen LogP contribution in [0.15, 0.2) is 48.8 Å². The van der Waals surface area contributed by atoms with Crippen LogP contribution >= 0.6 is 0 Å². The van der Waals surface area contributed by atoms with Gasteiger partial charge in [0.05, 0.1) is 5.69 Å². The van der Waals surface area contributed by atoms with E-state index >= 15 is 0 Å². The number of rotatable bonds is 9. The summed E-state index contributed by atoms with van der Waals surface area (Å²) in [6, 6.07) is 9.68. The van der Waals surface area contributed by atoms with Gasteiger partial charge in [-0.05, 0) is 42.7 Å². The molecule has 144 valence electrons. The van der Waals surface area contributed by atoms with E-state index in [1.807, 2.05) is 12.1 Å². The molecular weight excluding hydrogens is 347 g/mol. The molecule has 0 radical (unpaired) electrons. The highest BCUT2D eigenvalue weighted by atomic mass is 19.1. The minimum atomic E-state index is -0.407. The second-order valence-electron chi connectivity index (χ2n) is 6.18. The van der Waals surface area contributed by atoms with Crippen LogP contribution < -0.4 is 15.5 Å². The van der Waals surface area contributed by atoms with E-state index in [0.717, 1.165) is 18.4 Å². The fourth-order valence-corrected chi connectivity index (χ4v) is 2.55. The predicted molar refractivity (Wildman–Crippen MR) is 103 cm³/mol. The summed E-state index contributed by atoms with van der Waals surface area (Å²) in [5, 5.41) is 5.56. The van der Waals surface area contributed by atoms with Crippen LogP contribution in [-0.2, 0) is 11.3 Å². The summed E-state index contributed by atoms with van der Waals surface area (Å²) in [6.07, 6.45) is 5.98. The molecule has 6 nitrogen and oxygen atoms in total. The molecule has 0 fully saturated rings. The van der Waals surface area contributed by atoms with Crippen LogP contribution in [0.1, 0.15) is 31.2 Å². The molecule has 2 N–H and O–H groups in total. The number of para-hydroxylation sites is 1. The van der Waals surface area contributed by atoms with Gasteiger partial charge in [-0.25, -0.2) is 9.18 Å². The molecule has 0 saturated heterocycles. The van der Waals surface area contributed by atoms with E-state index in [9.17, 15) is 14.0 Å². The number of hydrogen-bond donors (Lipinski definition) is 2. The Morgan fingerprint density at radius 2 is 1.78 bits per heavy atom. The number of unbranched alkanes of at least 4 members (excludes halogenated alkanes) is 2. The summed E-state index contributed by atoms with van der Waals surface area (Å²) in [6.45, 7) is 0.991. The molecule has 0 aliphatic rings. The van der Waals surface area contributed by atoms with Gasteiger partial charge < -0.3 is 15.5 Å². The average molecular weight is 372 g/mol. The number of carbonyl (C=O) groups excluding carboxylic acids is 2. The van der Waals surface area contributed by atoms with E-state index < -0.39 is 5.82 Å². The highest BCUT2D eigenvalue weighted by molar-refractivity contribution is 5.92. The zero-order valence-corrected chi connectivity index (χ0v) is 15.5. The number of pyridine rings is 1. The lowest BCUT2D eigenvalue weighted by Gasteiger charge is -2.17. The highest BCUT2D eigenvalue weighted by Gasteiger charge is 2.13. The molecule has 1 heterocycles. The van der Waals surface area contributed by atoms with Crippen molar-refractivity contribution in [2.45, 2.75) is 32.2 Å². The number of aromatic nitrogens is 1. The van der Waals surface area contributed by atoms with Gasteiger partial charge in [0.1, 0.15) is 5.82 Å². The van der Waals surface area contributed by atoms with Crippen LogP contribution in [0.5, 0.6) is 0 Å². The van der Waals surface area contributed by atoms with Crippen LogP contribution in [0.25, 0.3) is 0 Å². The molecule has 27 heavy (non-hydrogen) atoms. The van der Waals surface area contributed by atoms with Gasteiger partial charge in [-0.3, -0.25) is 9.78 Å². The van der Waals surface area contributed by atoms with Crippen molar-refractivity contribution in [1.29, 1.82) is 0 Å². The van der Waals surface area contributed by atoms with Gasteiger partial charge in [-0.15, -0.1) is 0 Å². The van der Waals surface area contributed by atoms with Gasteiger partial charge in [0, 0.05) is 39.0 Å². The van der Waals surface area contributed by atoms with Crippen molar-refractivity contribution >= 4 is 17.6 Å². The molecule has 0 unspecified atom stereocenters. The molecule has 0 bridgehead atoms. The number of nitrogens with zero attached hydrogens (tertiary/aromatic N) is 2. The molecule has 1 aromatic heterocycles. The van der Waals surface area contributed by atoms with Gasteiger partial charge in [0.2, 0.25) is 5.91 Å². The second-order valence-corrected chi connectivity index (χ2v) is 6.18. The second kappa shape index (κ2) is 10.9. The zero-order chi connectivity index (χ0) is 19.5. The van der Waals surface area contributed by atoms with Gasteiger partial charge in [-0.2, -0.15) is 0 Å². The minimum Gasteiger partial charge on any atom is -0.338 e. The Hall–Kier alpha value is -2.96. The highest BCUT2D eigenvalue weighted by Crippen LogP contribution is 2.18. The van der Waals surface area contributed by atoms with Crippen molar-refractivity contribution < 1.29 is 14.0 Å². The molecule has 0 spiro atoms. The first-order valence-corrected chi connectivity index (χ1v) is 8.99. The summed E-state index contributed by atoms with van der Waals surface area (Å²) >= 11 is 0. The van der Waals surface area contributed by atoms with Crippen LogP contribution in [0.4, 0.5) is 14.9 Å². The monoisotopic (exact) mass is 372 g/mol. The molecule has 1 aromatic carbocycles. The molecule has 0 aliphatic heterocycles. The summed E-state index contributed by atoms with van der Waals surface area (Å²) in [7, 11) is 1.58. The first-order valence-electron chi connectivity index (χ1n) is 8.99. The standard InChI is InChI=1S/C20H25FN4O2/c1-25(18-8-5-4-7-17(18)21)19(26)9-3-2-6-12-23-20(27)24-15-16-10-13-22-14-11-16/h4-5,7-8,10-11,13-14H,2-3,6,9,12,15H2,1H3,(H2,23,24,27). The molecule has 2 rings (SSSR count). The first kappa shape index (κ1) is 20.4. The topological polar surface area (TPSA) is 74.3 Å². The molecule has 3 amide bonds. The lowest BCUT2D eigenvalue weighted by molar-refractivity contribution is -0.118. The number of halogens is 1. The molecule has 7 heteroatoms. The minimum absolute atomic E-state index is 0.122. The quantitative estimate of drug-likeness (QED) is 0.664. The van der Waals surface area contributed by atoms with Gasteiger partial charge >= 0.3 is 6.03 Å². The smallest absolute Gasteiger partial charge is 0.315 e. The predicted octanol–water partition coefficient (Wildman–Crippen LogP) is 3.24. The normalized spacial score (nSPS) is 10.3. The maximum atomic E-state index is 13.7.